The van der Waals surface area contributed by atoms with Gasteiger partial charge in [0.2, 0.25) is 0 Å². The summed E-state index contributed by atoms with van der Waals surface area (Å²) < 4.78 is 0. The van der Waals surface area contributed by atoms with E-state index in [1.54, 1.807) is 0 Å². The molecule has 1 heterocycles. The Kier molecular flexibility index (Phi) is 2.68. The molecule has 2 nitrogen and oxygen atoms in total. The van der Waals surface area contributed by atoms with E-state index in [0.717, 1.165) is 17.7 Å². The largest absolute Gasteiger partial charge is 0.481 e. The summed E-state index contributed by atoms with van der Waals surface area (Å²) in [6.07, 6.45) is 6.10. The molecule has 0 aliphatic heterocycles. The van der Waals surface area contributed by atoms with Crippen molar-refractivity contribution in [1.82, 2.24) is 0 Å². The summed E-state index contributed by atoms with van der Waals surface area (Å²) in [4.78, 5) is 12.1. The normalized spacial score (nSPS) is 22.4. The van der Waals surface area contributed by atoms with Crippen LogP contribution in [0.1, 0.15) is 23.6 Å². The molecule has 0 amide bonds. The Balaban J connectivity index is 2.24. The van der Waals surface area contributed by atoms with E-state index in [1.165, 1.54) is 11.3 Å². The van der Waals surface area contributed by atoms with E-state index in [0.29, 0.717) is 0 Å². The first-order valence-electron chi connectivity index (χ1n) is 4.72. The van der Waals surface area contributed by atoms with Crippen LogP contribution in [-0.4, -0.2) is 11.1 Å². The van der Waals surface area contributed by atoms with E-state index in [-0.39, 0.29) is 11.8 Å². The first-order valence-corrected chi connectivity index (χ1v) is 5.60. The van der Waals surface area contributed by atoms with E-state index < -0.39 is 5.97 Å². The zero-order valence-electron chi connectivity index (χ0n) is 7.72. The van der Waals surface area contributed by atoms with Gasteiger partial charge in [0.05, 0.1) is 5.92 Å². The molecule has 0 aromatic carbocycles. The van der Waals surface area contributed by atoms with E-state index >= 15 is 0 Å². The van der Waals surface area contributed by atoms with Crippen molar-refractivity contribution in [3.05, 3.63) is 34.5 Å². The lowest BCUT2D eigenvalue weighted by atomic mass is 9.90. The lowest BCUT2D eigenvalue weighted by Gasteiger charge is -2.16. The molecule has 74 valence electrons. The van der Waals surface area contributed by atoms with Crippen LogP contribution in [0.3, 0.4) is 0 Å². The number of carboxylic acid groups (broad SMARTS) is 1. The van der Waals surface area contributed by atoms with E-state index in [9.17, 15) is 9.90 Å². The molecule has 14 heavy (non-hydrogen) atoms. The van der Waals surface area contributed by atoms with Crippen molar-refractivity contribution in [3.63, 3.8) is 0 Å². The molecule has 1 aromatic rings. The van der Waals surface area contributed by atoms with Crippen molar-refractivity contribution in [2.75, 3.05) is 0 Å². The van der Waals surface area contributed by atoms with Gasteiger partial charge in [-0.3, -0.25) is 4.79 Å². The molecule has 2 rings (SSSR count). The van der Waals surface area contributed by atoms with Gasteiger partial charge in [0.25, 0.3) is 0 Å². The highest BCUT2D eigenvalue weighted by molar-refractivity contribution is 7.10. The van der Waals surface area contributed by atoms with Crippen molar-refractivity contribution >= 4 is 17.3 Å². The monoisotopic (exact) mass is 208 g/mol. The van der Waals surface area contributed by atoms with Crippen LogP contribution in [0.15, 0.2) is 29.7 Å². The molecule has 0 saturated heterocycles. The average Bonchev–Trinajstić information content (AvgIpc) is 2.75. The molecular formula is C11H12O2S. The molecule has 0 spiro atoms. The van der Waals surface area contributed by atoms with Crippen LogP contribution in [0.25, 0.3) is 0 Å². The maximum atomic E-state index is 11.2. The highest BCUT2D eigenvalue weighted by Gasteiger charge is 2.29. The zero-order valence-corrected chi connectivity index (χ0v) is 8.54. The topological polar surface area (TPSA) is 37.3 Å². The molecule has 1 aromatic heterocycles. The fraction of sp³-hybridized carbons (Fsp3) is 0.364. The standard InChI is InChI=1S/C11H12O2S/c12-11(13)10(8-4-1-2-5-8)9-6-3-7-14-9/h1,3-4,6-8,10H,2,5H2,(H,12,13). The molecule has 0 radical (unpaired) electrons. The Morgan fingerprint density at radius 1 is 1.64 bits per heavy atom. The SMILES string of the molecule is O=C(O)C(c1cccs1)C1C=CCC1. The maximum absolute atomic E-state index is 11.2. The summed E-state index contributed by atoms with van der Waals surface area (Å²) in [7, 11) is 0. The van der Waals surface area contributed by atoms with Crippen molar-refractivity contribution in [2.45, 2.75) is 18.8 Å². The average molecular weight is 208 g/mol. The van der Waals surface area contributed by atoms with Crippen LogP contribution in [0.5, 0.6) is 0 Å². The maximum Gasteiger partial charge on any atom is 0.312 e. The number of allylic oxidation sites excluding steroid dienone is 2. The molecule has 1 N–H and O–H groups in total. The second-order valence-electron chi connectivity index (χ2n) is 3.50. The van der Waals surface area contributed by atoms with Crippen LogP contribution < -0.4 is 0 Å². The fourth-order valence-electron chi connectivity index (χ4n) is 1.92. The number of aliphatic carboxylic acids is 1. The van der Waals surface area contributed by atoms with Crippen molar-refractivity contribution in [1.29, 1.82) is 0 Å². The lowest BCUT2D eigenvalue weighted by molar-refractivity contribution is -0.139. The summed E-state index contributed by atoms with van der Waals surface area (Å²) in [5.41, 5.74) is 0. The van der Waals surface area contributed by atoms with Gasteiger partial charge in [0.1, 0.15) is 0 Å². The summed E-state index contributed by atoms with van der Waals surface area (Å²) in [6, 6.07) is 3.82. The fourth-order valence-corrected chi connectivity index (χ4v) is 2.81. The Morgan fingerprint density at radius 3 is 3.00 bits per heavy atom. The van der Waals surface area contributed by atoms with Crippen LogP contribution in [0.2, 0.25) is 0 Å². The predicted molar refractivity (Wildman–Crippen MR) is 56.6 cm³/mol. The number of rotatable bonds is 3. The Hall–Kier alpha value is -1.09. The quantitative estimate of drug-likeness (QED) is 0.775. The summed E-state index contributed by atoms with van der Waals surface area (Å²) in [5.74, 6) is -0.858. The Labute approximate surface area is 86.9 Å². The van der Waals surface area contributed by atoms with Crippen LogP contribution in [-0.2, 0) is 4.79 Å². The molecule has 3 heteroatoms. The van der Waals surface area contributed by atoms with E-state index in [1.807, 2.05) is 23.6 Å². The van der Waals surface area contributed by atoms with Crippen molar-refractivity contribution < 1.29 is 9.90 Å². The van der Waals surface area contributed by atoms with Crippen LogP contribution in [0.4, 0.5) is 0 Å². The third-order valence-corrected chi connectivity index (χ3v) is 3.55. The van der Waals surface area contributed by atoms with Crippen LogP contribution in [0, 0.1) is 5.92 Å². The van der Waals surface area contributed by atoms with E-state index in [2.05, 4.69) is 6.08 Å². The number of hydrogen-bond acceptors (Lipinski definition) is 2. The minimum atomic E-state index is -0.705. The van der Waals surface area contributed by atoms with Gasteiger partial charge in [-0.25, -0.2) is 0 Å². The molecule has 0 bridgehead atoms. The van der Waals surface area contributed by atoms with Gasteiger partial charge in [0, 0.05) is 4.88 Å². The van der Waals surface area contributed by atoms with Gasteiger partial charge in [-0.2, -0.15) is 0 Å². The van der Waals surface area contributed by atoms with Gasteiger partial charge < -0.3 is 5.11 Å². The number of carbonyl (C=O) groups is 1. The predicted octanol–water partition coefficient (Wildman–Crippen LogP) is 2.88. The molecule has 0 saturated carbocycles. The molecular weight excluding hydrogens is 196 g/mol. The van der Waals surface area contributed by atoms with Gasteiger partial charge in [-0.05, 0) is 30.2 Å². The molecule has 2 unspecified atom stereocenters. The minimum Gasteiger partial charge on any atom is -0.481 e. The molecule has 0 fully saturated rings. The highest BCUT2D eigenvalue weighted by atomic mass is 32.1. The first-order chi connectivity index (χ1) is 6.79. The van der Waals surface area contributed by atoms with Gasteiger partial charge >= 0.3 is 5.97 Å². The molecule has 2 atom stereocenters. The Morgan fingerprint density at radius 2 is 2.50 bits per heavy atom. The van der Waals surface area contributed by atoms with Gasteiger partial charge in [-0.1, -0.05) is 18.2 Å². The molecule has 1 aliphatic carbocycles. The third-order valence-electron chi connectivity index (χ3n) is 2.59. The summed E-state index contributed by atoms with van der Waals surface area (Å²) in [6.45, 7) is 0. The van der Waals surface area contributed by atoms with Crippen molar-refractivity contribution in [2.24, 2.45) is 5.92 Å². The highest BCUT2D eigenvalue weighted by Crippen LogP contribution is 2.35. The number of hydrogen-bond donors (Lipinski definition) is 1. The third kappa shape index (κ3) is 1.73. The second-order valence-corrected chi connectivity index (χ2v) is 4.48. The number of carboxylic acids is 1. The lowest BCUT2D eigenvalue weighted by Crippen LogP contribution is -2.17. The minimum absolute atomic E-state index is 0.186. The zero-order chi connectivity index (χ0) is 9.97. The first kappa shape index (κ1) is 9.46. The van der Waals surface area contributed by atoms with Crippen molar-refractivity contribution in [3.8, 4) is 0 Å². The van der Waals surface area contributed by atoms with Gasteiger partial charge in [0.15, 0.2) is 0 Å². The van der Waals surface area contributed by atoms with Gasteiger partial charge in [-0.15, -0.1) is 11.3 Å². The second kappa shape index (κ2) is 3.96. The smallest absolute Gasteiger partial charge is 0.312 e. The van der Waals surface area contributed by atoms with Crippen LogP contribution >= 0.6 is 11.3 Å². The number of thiophene rings is 1. The Bertz CT molecular complexity index is 340. The van der Waals surface area contributed by atoms with E-state index in [4.69, 9.17) is 0 Å². The molecule has 1 aliphatic rings. The summed E-state index contributed by atoms with van der Waals surface area (Å²) >= 11 is 1.53. The summed E-state index contributed by atoms with van der Waals surface area (Å²) in [5, 5.41) is 11.1.